The highest BCUT2D eigenvalue weighted by Gasteiger charge is 2.50. The molecule has 0 saturated carbocycles. The van der Waals surface area contributed by atoms with Gasteiger partial charge in [0.1, 0.15) is 23.9 Å². The van der Waals surface area contributed by atoms with Crippen molar-refractivity contribution in [3.8, 4) is 0 Å². The molecule has 2 heterocycles. The number of carbonyl (C=O) groups is 2. The molecular weight excluding hydrogens is 402 g/mol. The minimum atomic E-state index is -1.22. The van der Waals surface area contributed by atoms with Crippen LogP contribution in [0.25, 0.3) is 0 Å². The van der Waals surface area contributed by atoms with Gasteiger partial charge in [0.15, 0.2) is 5.79 Å². The predicted octanol–water partition coefficient (Wildman–Crippen LogP) is 2.79. The third-order valence-corrected chi connectivity index (χ3v) is 4.86. The van der Waals surface area contributed by atoms with Crippen molar-refractivity contribution in [2.45, 2.75) is 77.0 Å². The first kappa shape index (κ1) is 23.4. The fourth-order valence-electron chi connectivity index (χ4n) is 3.63. The van der Waals surface area contributed by atoms with E-state index in [1.807, 2.05) is 30.3 Å². The number of ether oxygens (including phenoxy) is 4. The Morgan fingerprint density at radius 3 is 2.55 bits per heavy atom. The third kappa shape index (κ3) is 5.92. The average Bonchev–Trinajstić information content (AvgIpc) is 3.20. The van der Waals surface area contributed by atoms with E-state index in [0.717, 1.165) is 10.5 Å². The molecule has 4 atom stereocenters. The molecule has 0 aliphatic carbocycles. The summed E-state index contributed by atoms with van der Waals surface area (Å²) < 4.78 is 23.0. The van der Waals surface area contributed by atoms with Crippen molar-refractivity contribution in [3.63, 3.8) is 0 Å². The molecule has 0 unspecified atom stereocenters. The van der Waals surface area contributed by atoms with Gasteiger partial charge in [-0.05, 0) is 40.2 Å². The maximum absolute atomic E-state index is 12.6. The number of imide groups is 1. The summed E-state index contributed by atoms with van der Waals surface area (Å²) in [6.07, 6.45) is -0.703. The zero-order valence-electron chi connectivity index (χ0n) is 18.6. The number of aliphatic hydroxyl groups is 1. The first-order valence-electron chi connectivity index (χ1n) is 10.4. The van der Waals surface area contributed by atoms with E-state index in [1.54, 1.807) is 34.6 Å². The van der Waals surface area contributed by atoms with Crippen LogP contribution < -0.4 is 0 Å². The van der Waals surface area contributed by atoms with Gasteiger partial charge in [-0.3, -0.25) is 4.79 Å². The van der Waals surface area contributed by atoms with E-state index in [2.05, 4.69) is 0 Å². The van der Waals surface area contributed by atoms with E-state index in [-0.39, 0.29) is 6.61 Å². The lowest BCUT2D eigenvalue weighted by molar-refractivity contribution is -0.160. The highest BCUT2D eigenvalue weighted by atomic mass is 16.8. The van der Waals surface area contributed by atoms with Gasteiger partial charge in [-0.1, -0.05) is 36.4 Å². The van der Waals surface area contributed by atoms with Crippen molar-refractivity contribution in [1.82, 2.24) is 4.90 Å². The summed E-state index contributed by atoms with van der Waals surface area (Å²) in [5.41, 5.74) is 0.233. The molecular formula is C23H31NO7. The second kappa shape index (κ2) is 9.08. The molecule has 2 aliphatic heterocycles. The van der Waals surface area contributed by atoms with Crippen molar-refractivity contribution in [2.24, 2.45) is 0 Å². The first-order valence-corrected chi connectivity index (χ1v) is 10.4. The minimum Gasteiger partial charge on any atom is -0.443 e. The second-order valence-corrected chi connectivity index (χ2v) is 9.17. The summed E-state index contributed by atoms with van der Waals surface area (Å²) in [6.45, 7) is 9.17. The average molecular weight is 434 g/mol. The molecule has 1 aromatic rings. The van der Waals surface area contributed by atoms with Crippen LogP contribution in [0.1, 0.15) is 40.2 Å². The Balaban J connectivity index is 1.69. The van der Waals surface area contributed by atoms with E-state index in [1.165, 1.54) is 12.2 Å². The molecule has 3 rings (SSSR count). The Labute approximate surface area is 182 Å². The molecule has 1 fully saturated rings. The fourth-order valence-corrected chi connectivity index (χ4v) is 3.63. The van der Waals surface area contributed by atoms with Gasteiger partial charge >= 0.3 is 6.09 Å². The van der Waals surface area contributed by atoms with Gasteiger partial charge in [0.25, 0.3) is 5.91 Å². The van der Waals surface area contributed by atoms with E-state index in [9.17, 15) is 14.7 Å². The van der Waals surface area contributed by atoms with Gasteiger partial charge in [0, 0.05) is 6.08 Å². The molecule has 0 spiro atoms. The first-order chi connectivity index (χ1) is 14.5. The van der Waals surface area contributed by atoms with Gasteiger partial charge < -0.3 is 24.1 Å². The Kier molecular flexibility index (Phi) is 6.85. The molecule has 8 heteroatoms. The monoisotopic (exact) mass is 433 g/mol. The molecule has 0 radical (unpaired) electrons. The number of benzene rings is 1. The molecule has 170 valence electrons. The van der Waals surface area contributed by atoms with Crippen LogP contribution in [0.4, 0.5) is 4.79 Å². The van der Waals surface area contributed by atoms with Gasteiger partial charge in [-0.15, -0.1) is 0 Å². The lowest BCUT2D eigenvalue weighted by atomic mass is 10.0. The van der Waals surface area contributed by atoms with Crippen LogP contribution in [-0.4, -0.2) is 64.4 Å². The number of aliphatic hydroxyl groups excluding tert-OH is 1. The van der Waals surface area contributed by atoms with Crippen LogP contribution in [0.2, 0.25) is 0 Å². The van der Waals surface area contributed by atoms with Crippen LogP contribution in [0.3, 0.4) is 0 Å². The molecule has 0 bridgehead atoms. The summed E-state index contributed by atoms with van der Waals surface area (Å²) in [7, 11) is 0. The van der Waals surface area contributed by atoms with Crippen molar-refractivity contribution in [1.29, 1.82) is 0 Å². The van der Waals surface area contributed by atoms with Gasteiger partial charge in [0.2, 0.25) is 0 Å². The summed E-state index contributed by atoms with van der Waals surface area (Å²) in [5, 5.41) is 11.1. The van der Waals surface area contributed by atoms with Crippen LogP contribution in [0, 0.1) is 0 Å². The van der Waals surface area contributed by atoms with E-state index in [4.69, 9.17) is 18.9 Å². The van der Waals surface area contributed by atoms with Crippen LogP contribution >= 0.6 is 0 Å². The summed E-state index contributed by atoms with van der Waals surface area (Å²) in [6, 6.07) is 8.77. The number of hydrogen-bond donors (Lipinski definition) is 1. The number of hydrogen-bond acceptors (Lipinski definition) is 7. The minimum absolute atomic E-state index is 0.177. The molecule has 8 nitrogen and oxygen atoms in total. The van der Waals surface area contributed by atoms with Crippen LogP contribution in [0.5, 0.6) is 0 Å². The maximum Gasteiger partial charge on any atom is 0.417 e. The van der Waals surface area contributed by atoms with Crippen molar-refractivity contribution < 1.29 is 33.6 Å². The molecule has 31 heavy (non-hydrogen) atoms. The normalized spacial score (nSPS) is 26.3. The molecule has 2 aliphatic rings. The summed E-state index contributed by atoms with van der Waals surface area (Å²) in [4.78, 5) is 25.8. The standard InChI is InChI=1S/C23H31NO7/c1-22(2,3)31-21(27)24-16(11-12-18(24)25)19(26)20-17(29-23(4,5)30-20)14-28-13-15-9-7-6-8-10-15/h6-12,16-17,19-20,26H,13-14H2,1-5H3/t16-,17+,19+,20-/m0/s1. The molecule has 0 aromatic heterocycles. The zero-order valence-corrected chi connectivity index (χ0v) is 18.6. The van der Waals surface area contributed by atoms with E-state index < -0.39 is 47.7 Å². The van der Waals surface area contributed by atoms with Crippen molar-refractivity contribution in [3.05, 3.63) is 48.0 Å². The van der Waals surface area contributed by atoms with Gasteiger partial charge in [-0.2, -0.15) is 0 Å². The van der Waals surface area contributed by atoms with Gasteiger partial charge in [0.05, 0.1) is 19.3 Å². The van der Waals surface area contributed by atoms with E-state index >= 15 is 0 Å². The zero-order chi connectivity index (χ0) is 22.8. The SMILES string of the molecule is CC(C)(C)OC(=O)N1C(=O)C=C[C@H]1[C@@H](O)[C@H]1OC(C)(C)O[C@@H]1COCc1ccccc1. The van der Waals surface area contributed by atoms with Crippen LogP contribution in [-0.2, 0) is 30.3 Å². The Hall–Kier alpha value is -2.26. The van der Waals surface area contributed by atoms with Gasteiger partial charge in [-0.25, -0.2) is 9.69 Å². The fraction of sp³-hybridized carbons (Fsp3) is 0.565. The van der Waals surface area contributed by atoms with Crippen LogP contribution in [0.15, 0.2) is 42.5 Å². The second-order valence-electron chi connectivity index (χ2n) is 9.17. The number of nitrogens with zero attached hydrogens (tertiary/aromatic N) is 1. The molecule has 2 amide bonds. The lowest BCUT2D eigenvalue weighted by Gasteiger charge is -2.32. The summed E-state index contributed by atoms with van der Waals surface area (Å²) in [5.74, 6) is -1.50. The molecule has 1 N–H and O–H groups in total. The number of amides is 2. The Morgan fingerprint density at radius 1 is 1.23 bits per heavy atom. The number of rotatable bonds is 6. The highest BCUT2D eigenvalue weighted by Crippen LogP contribution is 2.33. The van der Waals surface area contributed by atoms with Crippen molar-refractivity contribution in [2.75, 3.05) is 6.61 Å². The molecule has 1 saturated heterocycles. The largest absolute Gasteiger partial charge is 0.443 e. The predicted molar refractivity (Wildman–Crippen MR) is 112 cm³/mol. The number of carbonyl (C=O) groups excluding carboxylic acids is 2. The third-order valence-electron chi connectivity index (χ3n) is 4.86. The lowest BCUT2D eigenvalue weighted by Crippen LogP contribution is -2.53. The summed E-state index contributed by atoms with van der Waals surface area (Å²) >= 11 is 0. The quantitative estimate of drug-likeness (QED) is 0.737. The van der Waals surface area contributed by atoms with Crippen molar-refractivity contribution >= 4 is 12.0 Å². The topological polar surface area (TPSA) is 94.5 Å². The van der Waals surface area contributed by atoms with E-state index in [0.29, 0.717) is 6.61 Å². The Morgan fingerprint density at radius 2 is 1.90 bits per heavy atom. The smallest absolute Gasteiger partial charge is 0.417 e. The highest BCUT2D eigenvalue weighted by molar-refractivity contribution is 6.01. The molecule has 1 aromatic carbocycles. The Bertz CT molecular complexity index is 815. The maximum atomic E-state index is 12.6.